The van der Waals surface area contributed by atoms with Crippen LogP contribution in [-0.4, -0.2) is 12.1 Å². The second-order valence-electron chi connectivity index (χ2n) is 5.12. The number of hydrogen-bond donors (Lipinski definition) is 1. The van der Waals surface area contributed by atoms with Gasteiger partial charge in [0.25, 0.3) is 0 Å². The summed E-state index contributed by atoms with van der Waals surface area (Å²) in [6.07, 6.45) is 7.24. The van der Waals surface area contributed by atoms with Gasteiger partial charge in [0.2, 0.25) is 0 Å². The summed E-state index contributed by atoms with van der Waals surface area (Å²) < 4.78 is 11.4. The average Bonchev–Trinajstić information content (AvgIpc) is 2.95. The van der Waals surface area contributed by atoms with Gasteiger partial charge in [-0.15, -0.1) is 0 Å². The molecule has 17 heavy (non-hydrogen) atoms. The summed E-state index contributed by atoms with van der Waals surface area (Å²) in [5.41, 5.74) is 1.22. The Morgan fingerprint density at radius 1 is 1.41 bits per heavy atom. The highest BCUT2D eigenvalue weighted by atomic mass is 16.5. The maximum absolute atomic E-state index is 5.87. The first-order valence-electron chi connectivity index (χ1n) is 6.66. The Hall–Kier alpha value is -0.800. The molecule has 0 spiro atoms. The van der Waals surface area contributed by atoms with Crippen molar-refractivity contribution in [1.29, 1.82) is 0 Å². The van der Waals surface area contributed by atoms with Crippen LogP contribution in [-0.2, 0) is 17.9 Å². The summed E-state index contributed by atoms with van der Waals surface area (Å²) in [6.45, 7) is 5.77. The zero-order valence-electron chi connectivity index (χ0n) is 10.9. The minimum atomic E-state index is 0.450. The molecule has 1 aromatic rings. The molecule has 1 aliphatic rings. The van der Waals surface area contributed by atoms with E-state index in [1.165, 1.54) is 31.2 Å². The summed E-state index contributed by atoms with van der Waals surface area (Å²) in [4.78, 5) is 0. The molecule has 1 aliphatic carbocycles. The molecule has 0 aliphatic heterocycles. The smallest absolute Gasteiger partial charge is 0.133 e. The summed E-state index contributed by atoms with van der Waals surface area (Å²) in [7, 11) is 0. The normalized spacial score (nSPS) is 17.1. The summed E-state index contributed by atoms with van der Waals surface area (Å²) in [6, 6.07) is 2.52. The number of ether oxygens (including phenoxy) is 1. The first-order chi connectivity index (χ1) is 8.25. The zero-order chi connectivity index (χ0) is 12.1. The third kappa shape index (κ3) is 3.86. The van der Waals surface area contributed by atoms with Crippen molar-refractivity contribution < 1.29 is 9.15 Å². The quantitative estimate of drug-likeness (QED) is 0.824. The van der Waals surface area contributed by atoms with Gasteiger partial charge in [0.15, 0.2) is 0 Å². The molecule has 1 aromatic heterocycles. The van der Waals surface area contributed by atoms with Crippen molar-refractivity contribution >= 4 is 0 Å². The lowest BCUT2D eigenvalue weighted by Gasteiger charge is -2.11. The molecule has 0 unspecified atom stereocenters. The van der Waals surface area contributed by atoms with Gasteiger partial charge >= 0.3 is 0 Å². The number of nitrogens with one attached hydrogen (secondary N) is 1. The minimum absolute atomic E-state index is 0.450. The van der Waals surface area contributed by atoms with Gasteiger partial charge in [-0.1, -0.05) is 26.7 Å². The molecule has 0 atom stereocenters. The van der Waals surface area contributed by atoms with Crippen molar-refractivity contribution in [3.8, 4) is 0 Å². The molecule has 1 fully saturated rings. The van der Waals surface area contributed by atoms with Gasteiger partial charge in [-0.05, 0) is 18.9 Å². The van der Waals surface area contributed by atoms with Gasteiger partial charge in [-0.3, -0.25) is 0 Å². The molecule has 0 saturated heterocycles. The van der Waals surface area contributed by atoms with Crippen LogP contribution in [0, 0.1) is 0 Å². The van der Waals surface area contributed by atoms with Crippen molar-refractivity contribution in [2.75, 3.05) is 0 Å². The van der Waals surface area contributed by atoms with E-state index in [1.807, 2.05) is 6.07 Å². The van der Waals surface area contributed by atoms with Crippen molar-refractivity contribution in [3.63, 3.8) is 0 Å². The Labute approximate surface area is 104 Å². The van der Waals surface area contributed by atoms with Crippen molar-refractivity contribution in [2.45, 2.75) is 64.8 Å². The molecule has 0 amide bonds. The number of rotatable bonds is 6. The van der Waals surface area contributed by atoms with Gasteiger partial charge in [-0.2, -0.15) is 0 Å². The van der Waals surface area contributed by atoms with Crippen LogP contribution in [0.3, 0.4) is 0 Å². The molecule has 3 heteroatoms. The van der Waals surface area contributed by atoms with Crippen LogP contribution in [0.2, 0.25) is 0 Å². The minimum Gasteiger partial charge on any atom is -0.467 e. The molecule has 0 radical (unpaired) electrons. The molecule has 3 nitrogen and oxygen atoms in total. The molecule has 2 rings (SSSR count). The van der Waals surface area contributed by atoms with Gasteiger partial charge in [-0.25, -0.2) is 0 Å². The Kier molecular flexibility index (Phi) is 4.63. The standard InChI is InChI=1S/C14H23NO2/c1-11(2)15-9-12-7-8-16-14(12)10-17-13-5-3-4-6-13/h7-8,11,13,15H,3-6,9-10H2,1-2H3. The molecular formula is C14H23NO2. The maximum Gasteiger partial charge on any atom is 0.133 e. The first kappa shape index (κ1) is 12.7. The maximum atomic E-state index is 5.87. The number of hydrogen-bond acceptors (Lipinski definition) is 3. The second-order valence-corrected chi connectivity index (χ2v) is 5.12. The van der Waals surface area contributed by atoms with E-state index in [-0.39, 0.29) is 0 Å². The van der Waals surface area contributed by atoms with Crippen LogP contribution in [0.5, 0.6) is 0 Å². The lowest BCUT2D eigenvalue weighted by molar-refractivity contribution is 0.0352. The van der Waals surface area contributed by atoms with Crippen LogP contribution < -0.4 is 5.32 Å². The fourth-order valence-corrected chi connectivity index (χ4v) is 2.21. The van der Waals surface area contributed by atoms with Crippen LogP contribution in [0.1, 0.15) is 50.9 Å². The number of furan rings is 1. The van der Waals surface area contributed by atoms with Gasteiger partial charge < -0.3 is 14.5 Å². The molecule has 96 valence electrons. The van der Waals surface area contributed by atoms with Crippen molar-refractivity contribution in [3.05, 3.63) is 23.7 Å². The third-order valence-corrected chi connectivity index (χ3v) is 3.29. The molecule has 1 N–H and O–H groups in total. The van der Waals surface area contributed by atoms with E-state index in [9.17, 15) is 0 Å². The SMILES string of the molecule is CC(C)NCc1ccoc1COC1CCCC1. The zero-order valence-corrected chi connectivity index (χ0v) is 10.9. The highest BCUT2D eigenvalue weighted by molar-refractivity contribution is 5.16. The van der Waals surface area contributed by atoms with E-state index in [1.54, 1.807) is 6.26 Å². The molecule has 0 bridgehead atoms. The van der Waals surface area contributed by atoms with E-state index in [0.717, 1.165) is 12.3 Å². The molecular weight excluding hydrogens is 214 g/mol. The second kappa shape index (κ2) is 6.22. The largest absolute Gasteiger partial charge is 0.467 e. The van der Waals surface area contributed by atoms with Crippen LogP contribution in [0.15, 0.2) is 16.7 Å². The van der Waals surface area contributed by atoms with Crippen molar-refractivity contribution in [2.24, 2.45) is 0 Å². The topological polar surface area (TPSA) is 34.4 Å². The molecule has 1 saturated carbocycles. The van der Waals surface area contributed by atoms with Crippen LogP contribution in [0.25, 0.3) is 0 Å². The van der Waals surface area contributed by atoms with Crippen LogP contribution in [0.4, 0.5) is 0 Å². The van der Waals surface area contributed by atoms with Gasteiger partial charge in [0, 0.05) is 18.2 Å². The van der Waals surface area contributed by atoms with E-state index in [2.05, 4.69) is 19.2 Å². The third-order valence-electron chi connectivity index (χ3n) is 3.29. The van der Waals surface area contributed by atoms with E-state index >= 15 is 0 Å². The predicted molar refractivity (Wildman–Crippen MR) is 67.7 cm³/mol. The highest BCUT2D eigenvalue weighted by Gasteiger charge is 2.16. The monoisotopic (exact) mass is 237 g/mol. The first-order valence-corrected chi connectivity index (χ1v) is 6.66. The Morgan fingerprint density at radius 3 is 2.88 bits per heavy atom. The predicted octanol–water partition coefficient (Wildman–Crippen LogP) is 3.24. The average molecular weight is 237 g/mol. The molecule has 0 aromatic carbocycles. The highest BCUT2D eigenvalue weighted by Crippen LogP contribution is 2.23. The Balaban J connectivity index is 1.80. The lowest BCUT2D eigenvalue weighted by Crippen LogP contribution is -2.22. The fourth-order valence-electron chi connectivity index (χ4n) is 2.21. The van der Waals surface area contributed by atoms with Crippen molar-refractivity contribution in [1.82, 2.24) is 5.32 Å². The van der Waals surface area contributed by atoms with E-state index in [0.29, 0.717) is 18.8 Å². The van der Waals surface area contributed by atoms with E-state index in [4.69, 9.17) is 9.15 Å². The summed E-state index contributed by atoms with van der Waals surface area (Å²) in [5.74, 6) is 0.977. The molecule has 1 heterocycles. The fraction of sp³-hybridized carbons (Fsp3) is 0.714. The summed E-state index contributed by atoms with van der Waals surface area (Å²) in [5, 5.41) is 3.40. The Bertz CT molecular complexity index is 327. The lowest BCUT2D eigenvalue weighted by atomic mass is 10.2. The van der Waals surface area contributed by atoms with E-state index < -0.39 is 0 Å². The van der Waals surface area contributed by atoms with Crippen LogP contribution >= 0.6 is 0 Å². The Morgan fingerprint density at radius 2 is 2.18 bits per heavy atom. The van der Waals surface area contributed by atoms with Gasteiger partial charge in [0.05, 0.1) is 12.4 Å². The summed E-state index contributed by atoms with van der Waals surface area (Å²) >= 11 is 0. The van der Waals surface area contributed by atoms with Gasteiger partial charge in [0.1, 0.15) is 12.4 Å².